The third kappa shape index (κ3) is 5.34. The first-order valence-corrected chi connectivity index (χ1v) is 9.88. The van der Waals surface area contributed by atoms with Gasteiger partial charge in [0, 0.05) is 42.0 Å². The smallest absolute Gasteiger partial charge is 0.253 e. The molecule has 2 aromatic carbocycles. The van der Waals surface area contributed by atoms with E-state index in [1.165, 1.54) is 4.90 Å². The number of ether oxygens (including phenoxy) is 1. The average Bonchev–Trinajstić information content (AvgIpc) is 2.73. The Morgan fingerprint density at radius 3 is 2.41 bits per heavy atom. The molecule has 3 rings (SSSR count). The van der Waals surface area contributed by atoms with Gasteiger partial charge in [-0.15, -0.1) is 11.8 Å². The molecule has 0 unspecified atom stereocenters. The Bertz CT molecular complexity index is 865. The first kappa shape index (κ1) is 19.0. The molecule has 138 valence electrons. The van der Waals surface area contributed by atoms with Crippen LogP contribution in [0.4, 0.5) is 0 Å². The van der Waals surface area contributed by atoms with E-state index in [0.717, 1.165) is 16.9 Å². The van der Waals surface area contributed by atoms with Crippen molar-refractivity contribution in [3.05, 3.63) is 89.7 Å². The number of benzene rings is 2. The van der Waals surface area contributed by atoms with Crippen molar-refractivity contribution in [2.24, 2.45) is 0 Å². The monoisotopic (exact) mass is 378 g/mol. The van der Waals surface area contributed by atoms with E-state index >= 15 is 0 Å². The van der Waals surface area contributed by atoms with Crippen LogP contribution in [-0.4, -0.2) is 29.1 Å². The first-order valence-electron chi connectivity index (χ1n) is 8.66. The zero-order chi connectivity index (χ0) is 19.1. The van der Waals surface area contributed by atoms with Crippen LogP contribution in [0.3, 0.4) is 0 Å². The summed E-state index contributed by atoms with van der Waals surface area (Å²) < 4.78 is 5.74. The molecule has 1 aromatic heterocycles. The third-order valence-electron chi connectivity index (χ3n) is 4.16. The topological polar surface area (TPSA) is 42.4 Å². The van der Waals surface area contributed by atoms with Crippen LogP contribution < -0.4 is 4.74 Å². The van der Waals surface area contributed by atoms with Crippen LogP contribution in [0.25, 0.3) is 0 Å². The van der Waals surface area contributed by atoms with Crippen molar-refractivity contribution in [3.63, 3.8) is 0 Å². The molecule has 0 spiro atoms. The third-order valence-corrected chi connectivity index (χ3v) is 4.90. The van der Waals surface area contributed by atoms with E-state index in [4.69, 9.17) is 4.74 Å². The van der Waals surface area contributed by atoms with E-state index < -0.39 is 0 Å². The van der Waals surface area contributed by atoms with Crippen LogP contribution in [0.2, 0.25) is 0 Å². The number of carbonyl (C=O) groups is 1. The lowest BCUT2D eigenvalue weighted by Gasteiger charge is -2.18. The van der Waals surface area contributed by atoms with Gasteiger partial charge in [0.2, 0.25) is 0 Å². The van der Waals surface area contributed by atoms with Crippen molar-refractivity contribution < 1.29 is 9.53 Å². The number of hydrogen-bond donors (Lipinski definition) is 0. The summed E-state index contributed by atoms with van der Waals surface area (Å²) in [6.07, 6.45) is 5.56. The number of amides is 1. The fourth-order valence-corrected chi connectivity index (χ4v) is 3.05. The van der Waals surface area contributed by atoms with Gasteiger partial charge in [-0.3, -0.25) is 9.78 Å². The van der Waals surface area contributed by atoms with E-state index in [1.807, 2.05) is 31.3 Å². The first-order chi connectivity index (χ1) is 13.2. The van der Waals surface area contributed by atoms with E-state index in [1.54, 1.807) is 41.2 Å². The number of nitrogens with zero attached hydrogens (tertiary/aromatic N) is 2. The van der Waals surface area contributed by atoms with Crippen molar-refractivity contribution in [3.8, 4) is 5.75 Å². The van der Waals surface area contributed by atoms with Crippen LogP contribution in [0.1, 0.15) is 21.5 Å². The normalized spacial score (nSPS) is 10.4. The van der Waals surface area contributed by atoms with Crippen molar-refractivity contribution in [1.29, 1.82) is 0 Å². The van der Waals surface area contributed by atoms with Crippen LogP contribution in [0.5, 0.6) is 5.75 Å². The Kier molecular flexibility index (Phi) is 6.49. The molecule has 0 saturated heterocycles. The second-order valence-corrected chi connectivity index (χ2v) is 7.06. The van der Waals surface area contributed by atoms with Gasteiger partial charge >= 0.3 is 0 Å². The Morgan fingerprint density at radius 2 is 1.78 bits per heavy atom. The second-order valence-electron chi connectivity index (χ2n) is 6.18. The molecule has 1 amide bonds. The van der Waals surface area contributed by atoms with Crippen LogP contribution in [-0.2, 0) is 13.2 Å². The van der Waals surface area contributed by atoms with Crippen molar-refractivity contribution >= 4 is 17.7 Å². The van der Waals surface area contributed by atoms with Crippen molar-refractivity contribution in [2.75, 3.05) is 13.3 Å². The van der Waals surface area contributed by atoms with Crippen molar-refractivity contribution in [2.45, 2.75) is 18.0 Å². The minimum absolute atomic E-state index is 0.0113. The van der Waals surface area contributed by atoms with Crippen LogP contribution >= 0.6 is 11.8 Å². The molecule has 4 nitrogen and oxygen atoms in total. The molecule has 0 atom stereocenters. The van der Waals surface area contributed by atoms with Gasteiger partial charge in [0.15, 0.2) is 0 Å². The van der Waals surface area contributed by atoms with Gasteiger partial charge in [-0.1, -0.05) is 18.2 Å². The summed E-state index contributed by atoms with van der Waals surface area (Å²) in [7, 11) is 1.82. The Labute approximate surface area is 164 Å². The summed E-state index contributed by atoms with van der Waals surface area (Å²) in [5.41, 5.74) is 2.76. The zero-order valence-electron chi connectivity index (χ0n) is 15.5. The molecular weight excluding hydrogens is 356 g/mol. The predicted octanol–water partition coefficient (Wildman–Crippen LogP) is 4.65. The average molecular weight is 378 g/mol. The van der Waals surface area contributed by atoms with E-state index in [2.05, 4.69) is 35.5 Å². The maximum Gasteiger partial charge on any atom is 0.253 e. The quantitative estimate of drug-likeness (QED) is 0.561. The van der Waals surface area contributed by atoms with E-state index in [0.29, 0.717) is 18.7 Å². The Balaban J connectivity index is 1.57. The molecule has 3 aromatic rings. The summed E-state index contributed by atoms with van der Waals surface area (Å²) in [5.74, 6) is 0.716. The van der Waals surface area contributed by atoms with Crippen LogP contribution in [0, 0.1) is 0 Å². The number of rotatable bonds is 7. The molecule has 27 heavy (non-hydrogen) atoms. The highest BCUT2D eigenvalue weighted by Gasteiger charge is 2.12. The van der Waals surface area contributed by atoms with Gasteiger partial charge in [-0.05, 0) is 54.3 Å². The summed E-state index contributed by atoms with van der Waals surface area (Å²) >= 11 is 1.71. The van der Waals surface area contributed by atoms with E-state index in [-0.39, 0.29) is 5.91 Å². The van der Waals surface area contributed by atoms with Gasteiger partial charge in [0.05, 0.1) is 0 Å². The largest absolute Gasteiger partial charge is 0.489 e. The summed E-state index contributed by atoms with van der Waals surface area (Å²) in [6.45, 7) is 1.03. The molecule has 0 fully saturated rings. The molecule has 5 heteroatoms. The molecular formula is C22H22N2O2S. The zero-order valence-corrected chi connectivity index (χ0v) is 16.3. The minimum Gasteiger partial charge on any atom is -0.489 e. The lowest BCUT2D eigenvalue weighted by Crippen LogP contribution is -2.26. The number of hydrogen-bond acceptors (Lipinski definition) is 4. The highest BCUT2D eigenvalue weighted by molar-refractivity contribution is 7.98. The SMILES string of the molecule is CSc1ccc(CN(C)C(=O)c2ccc(OCc3cccnc3)cc2)cc1. The molecule has 0 aliphatic heterocycles. The molecule has 0 radical (unpaired) electrons. The maximum atomic E-state index is 12.6. The lowest BCUT2D eigenvalue weighted by molar-refractivity contribution is 0.0785. The van der Waals surface area contributed by atoms with Gasteiger partial charge in [-0.25, -0.2) is 0 Å². The van der Waals surface area contributed by atoms with Gasteiger partial charge in [0.1, 0.15) is 12.4 Å². The maximum absolute atomic E-state index is 12.6. The number of thioether (sulfide) groups is 1. The highest BCUT2D eigenvalue weighted by atomic mass is 32.2. The summed E-state index contributed by atoms with van der Waals surface area (Å²) in [4.78, 5) is 19.6. The highest BCUT2D eigenvalue weighted by Crippen LogP contribution is 2.18. The Hall–Kier alpha value is -2.79. The second kappa shape index (κ2) is 9.24. The van der Waals surface area contributed by atoms with Crippen LogP contribution in [0.15, 0.2) is 78.0 Å². The fraction of sp³-hybridized carbons (Fsp3) is 0.182. The fourth-order valence-electron chi connectivity index (χ4n) is 2.64. The number of pyridine rings is 1. The molecule has 0 aliphatic carbocycles. The van der Waals surface area contributed by atoms with Gasteiger partial charge in [-0.2, -0.15) is 0 Å². The molecule has 0 aliphatic rings. The number of aromatic nitrogens is 1. The lowest BCUT2D eigenvalue weighted by atomic mass is 10.1. The summed E-state index contributed by atoms with van der Waals surface area (Å²) in [6, 6.07) is 19.4. The van der Waals surface area contributed by atoms with E-state index in [9.17, 15) is 4.79 Å². The number of carbonyl (C=O) groups excluding carboxylic acids is 1. The molecule has 1 heterocycles. The standard InChI is InChI=1S/C22H22N2O2S/c1-24(15-17-5-11-21(27-2)12-6-17)22(25)19-7-9-20(10-8-19)26-16-18-4-3-13-23-14-18/h3-14H,15-16H2,1-2H3. The van der Waals surface area contributed by atoms with Gasteiger partial charge in [0.25, 0.3) is 5.91 Å². The molecule has 0 bridgehead atoms. The summed E-state index contributed by atoms with van der Waals surface area (Å²) in [5, 5.41) is 0. The predicted molar refractivity (Wildman–Crippen MR) is 109 cm³/mol. The van der Waals surface area contributed by atoms with Gasteiger partial charge < -0.3 is 9.64 Å². The molecule has 0 N–H and O–H groups in total. The molecule has 0 saturated carbocycles. The Morgan fingerprint density at radius 1 is 1.04 bits per heavy atom. The minimum atomic E-state index is -0.0113. The van der Waals surface area contributed by atoms with Crippen molar-refractivity contribution in [1.82, 2.24) is 9.88 Å².